The van der Waals surface area contributed by atoms with Gasteiger partial charge in [0.05, 0.1) is 23.7 Å². The predicted molar refractivity (Wildman–Crippen MR) is 117 cm³/mol. The molecule has 1 aliphatic heterocycles. The number of carbonyl (C=O) groups is 1. The normalized spacial score (nSPS) is 14.3. The van der Waals surface area contributed by atoms with Gasteiger partial charge in [0.2, 0.25) is 5.91 Å². The molecule has 5 heteroatoms. The summed E-state index contributed by atoms with van der Waals surface area (Å²) in [5.74, 6) is 0.585. The van der Waals surface area contributed by atoms with E-state index >= 15 is 0 Å². The second-order valence-electron chi connectivity index (χ2n) is 7.92. The van der Waals surface area contributed by atoms with Gasteiger partial charge in [-0.1, -0.05) is 61.5 Å². The average molecular weight is 402 g/mol. The Morgan fingerprint density at radius 2 is 1.87 bits per heavy atom. The zero-order chi connectivity index (χ0) is 21.1. The second-order valence-corrected chi connectivity index (χ2v) is 7.92. The number of fused-ring (bicyclic) bond motifs is 1. The van der Waals surface area contributed by atoms with Gasteiger partial charge in [-0.2, -0.15) is 0 Å². The second kappa shape index (κ2) is 8.66. The van der Waals surface area contributed by atoms with Crippen molar-refractivity contribution < 1.29 is 4.79 Å². The van der Waals surface area contributed by atoms with Crippen LogP contribution in [0.5, 0.6) is 0 Å². The van der Waals surface area contributed by atoms with Gasteiger partial charge >= 0.3 is 0 Å². The van der Waals surface area contributed by atoms with Crippen LogP contribution in [-0.4, -0.2) is 27.3 Å². The number of aryl methyl sites for hydroxylation is 1. The Kier molecular flexibility index (Phi) is 5.79. The van der Waals surface area contributed by atoms with Crippen LogP contribution in [0.4, 0.5) is 0 Å². The van der Waals surface area contributed by atoms with E-state index in [9.17, 15) is 9.59 Å². The maximum atomic E-state index is 13.2. The molecule has 4 rings (SSSR count). The third-order valence-electron chi connectivity index (χ3n) is 5.96. The molecule has 0 saturated carbocycles. The highest BCUT2D eigenvalue weighted by Crippen LogP contribution is 2.25. The summed E-state index contributed by atoms with van der Waals surface area (Å²) in [7, 11) is 0. The third kappa shape index (κ3) is 4.06. The number of nitrogens with zero attached hydrogens (tertiary/aromatic N) is 2. The number of aromatic amines is 1. The molecule has 0 fully saturated rings. The summed E-state index contributed by atoms with van der Waals surface area (Å²) >= 11 is 0. The van der Waals surface area contributed by atoms with E-state index in [4.69, 9.17) is 4.98 Å². The van der Waals surface area contributed by atoms with Gasteiger partial charge in [-0.3, -0.25) is 9.59 Å². The molecule has 0 bridgehead atoms. The Bertz CT molecular complexity index is 1100. The zero-order valence-electron chi connectivity index (χ0n) is 17.5. The van der Waals surface area contributed by atoms with E-state index in [0.29, 0.717) is 37.3 Å². The minimum absolute atomic E-state index is 0.0812. The predicted octanol–water partition coefficient (Wildman–Crippen LogP) is 3.75. The topological polar surface area (TPSA) is 66.1 Å². The summed E-state index contributed by atoms with van der Waals surface area (Å²) < 4.78 is 0. The summed E-state index contributed by atoms with van der Waals surface area (Å²) in [6.45, 7) is 5.01. The molecule has 3 aromatic rings. The van der Waals surface area contributed by atoms with Gasteiger partial charge in [-0.25, -0.2) is 4.98 Å². The molecule has 0 radical (unpaired) electrons. The lowest BCUT2D eigenvalue weighted by molar-refractivity contribution is -0.133. The van der Waals surface area contributed by atoms with Crippen molar-refractivity contribution in [3.63, 3.8) is 0 Å². The summed E-state index contributed by atoms with van der Waals surface area (Å²) in [5, 5.41) is 0. The van der Waals surface area contributed by atoms with Crippen molar-refractivity contribution in [1.82, 2.24) is 14.9 Å². The summed E-state index contributed by atoms with van der Waals surface area (Å²) in [4.78, 5) is 35.5. The first-order chi connectivity index (χ1) is 14.6. The van der Waals surface area contributed by atoms with Crippen LogP contribution in [0.2, 0.25) is 0 Å². The van der Waals surface area contributed by atoms with Crippen LogP contribution in [0, 0.1) is 6.92 Å². The molecule has 0 aliphatic carbocycles. The minimum Gasteiger partial charge on any atom is -0.337 e. The Labute approximate surface area is 176 Å². The van der Waals surface area contributed by atoms with Crippen molar-refractivity contribution in [2.75, 3.05) is 6.54 Å². The Balaban J connectivity index is 1.55. The third-order valence-corrected chi connectivity index (χ3v) is 5.96. The number of hydrogen-bond acceptors (Lipinski definition) is 3. The van der Waals surface area contributed by atoms with E-state index in [1.54, 1.807) is 4.90 Å². The van der Waals surface area contributed by atoms with Crippen LogP contribution in [0.1, 0.15) is 53.0 Å². The SMILES string of the molecule is CC[C@H](C(=O)N1CCc2nc(Cc3ccccc3C)[nH]c(=O)c2C1)c1ccccc1. The van der Waals surface area contributed by atoms with Crippen molar-refractivity contribution in [3.8, 4) is 0 Å². The zero-order valence-corrected chi connectivity index (χ0v) is 17.5. The van der Waals surface area contributed by atoms with Gasteiger partial charge in [0.15, 0.2) is 0 Å². The van der Waals surface area contributed by atoms with Crippen molar-refractivity contribution >= 4 is 5.91 Å². The number of hydrogen-bond donors (Lipinski definition) is 1. The summed E-state index contributed by atoms with van der Waals surface area (Å²) in [5.41, 5.74) is 4.67. The molecule has 5 nitrogen and oxygen atoms in total. The molecule has 0 saturated heterocycles. The first kappa shape index (κ1) is 20.1. The summed E-state index contributed by atoms with van der Waals surface area (Å²) in [6.07, 6.45) is 1.94. The molecule has 2 heterocycles. The largest absolute Gasteiger partial charge is 0.337 e. The minimum atomic E-state index is -0.180. The van der Waals surface area contributed by atoms with Crippen molar-refractivity contribution in [3.05, 3.63) is 98.7 Å². The number of amides is 1. The van der Waals surface area contributed by atoms with Gasteiger partial charge in [-0.05, 0) is 30.0 Å². The van der Waals surface area contributed by atoms with E-state index in [1.165, 1.54) is 5.56 Å². The van der Waals surface area contributed by atoms with Crippen LogP contribution in [0.15, 0.2) is 59.4 Å². The number of rotatable bonds is 5. The van der Waals surface area contributed by atoms with Crippen molar-refractivity contribution in [1.29, 1.82) is 0 Å². The lowest BCUT2D eigenvalue weighted by Gasteiger charge is -2.31. The number of carbonyl (C=O) groups excluding carboxylic acids is 1. The first-order valence-electron chi connectivity index (χ1n) is 10.6. The molecule has 1 aliphatic rings. The highest BCUT2D eigenvalue weighted by atomic mass is 16.2. The standard InChI is InChI=1S/C25H27N3O2/c1-3-20(18-10-5-4-6-11-18)25(30)28-14-13-22-21(16-28)24(29)27-23(26-22)15-19-12-8-7-9-17(19)2/h4-12,20H,3,13-16H2,1-2H3,(H,26,27,29)/t20-/m0/s1. The fourth-order valence-corrected chi connectivity index (χ4v) is 4.20. The lowest BCUT2D eigenvalue weighted by Crippen LogP contribution is -2.42. The molecular weight excluding hydrogens is 374 g/mol. The van der Waals surface area contributed by atoms with Crippen LogP contribution in [0.25, 0.3) is 0 Å². The van der Waals surface area contributed by atoms with Gasteiger partial charge in [0.25, 0.3) is 5.56 Å². The average Bonchev–Trinajstić information content (AvgIpc) is 2.76. The quantitative estimate of drug-likeness (QED) is 0.708. The van der Waals surface area contributed by atoms with E-state index in [1.807, 2.05) is 49.4 Å². The Hall–Kier alpha value is -3.21. The maximum Gasteiger partial charge on any atom is 0.256 e. The highest BCUT2D eigenvalue weighted by molar-refractivity contribution is 5.84. The smallest absolute Gasteiger partial charge is 0.256 e. The molecule has 2 aromatic carbocycles. The van der Waals surface area contributed by atoms with E-state index < -0.39 is 0 Å². The molecule has 1 aromatic heterocycles. The number of aromatic nitrogens is 2. The fraction of sp³-hybridized carbons (Fsp3) is 0.320. The van der Waals surface area contributed by atoms with Gasteiger partial charge in [0.1, 0.15) is 5.82 Å². The fourth-order valence-electron chi connectivity index (χ4n) is 4.20. The molecule has 0 spiro atoms. The van der Waals surface area contributed by atoms with Crippen LogP contribution in [0.3, 0.4) is 0 Å². The molecule has 30 heavy (non-hydrogen) atoms. The monoisotopic (exact) mass is 401 g/mol. The van der Waals surface area contributed by atoms with Crippen molar-refractivity contribution in [2.24, 2.45) is 0 Å². The lowest BCUT2D eigenvalue weighted by atomic mass is 9.94. The van der Waals surface area contributed by atoms with E-state index in [-0.39, 0.29) is 17.4 Å². The van der Waals surface area contributed by atoms with E-state index in [0.717, 1.165) is 23.2 Å². The van der Waals surface area contributed by atoms with Gasteiger partial charge < -0.3 is 9.88 Å². The molecule has 1 N–H and O–H groups in total. The Morgan fingerprint density at radius 3 is 2.60 bits per heavy atom. The molecule has 1 atom stereocenters. The molecule has 0 unspecified atom stereocenters. The van der Waals surface area contributed by atoms with Crippen LogP contribution < -0.4 is 5.56 Å². The van der Waals surface area contributed by atoms with Crippen LogP contribution >= 0.6 is 0 Å². The molecular formula is C25H27N3O2. The molecule has 1 amide bonds. The first-order valence-corrected chi connectivity index (χ1v) is 10.6. The molecule has 154 valence electrons. The number of H-pyrrole nitrogens is 1. The Morgan fingerprint density at radius 1 is 1.13 bits per heavy atom. The number of benzene rings is 2. The van der Waals surface area contributed by atoms with E-state index in [2.05, 4.69) is 24.0 Å². The highest BCUT2D eigenvalue weighted by Gasteiger charge is 2.29. The van der Waals surface area contributed by atoms with Gasteiger partial charge in [0, 0.05) is 19.4 Å². The van der Waals surface area contributed by atoms with Crippen molar-refractivity contribution in [2.45, 2.75) is 45.6 Å². The number of nitrogens with one attached hydrogen (secondary N) is 1. The van der Waals surface area contributed by atoms with Gasteiger partial charge in [-0.15, -0.1) is 0 Å². The summed E-state index contributed by atoms with van der Waals surface area (Å²) in [6, 6.07) is 18.0. The van der Waals surface area contributed by atoms with Crippen LogP contribution in [-0.2, 0) is 24.2 Å². The maximum absolute atomic E-state index is 13.2.